The lowest BCUT2D eigenvalue weighted by atomic mass is 9.91. The SMILES string of the molecule is CCCCC1CCN(CC(C)CN2C(=O)CCc3ccc(F)c(F)c32)CC1. The van der Waals surface area contributed by atoms with E-state index in [0.717, 1.165) is 37.2 Å². The van der Waals surface area contributed by atoms with Gasteiger partial charge in [-0.15, -0.1) is 0 Å². The number of rotatable bonds is 7. The van der Waals surface area contributed by atoms with Crippen LogP contribution in [0.15, 0.2) is 12.1 Å². The zero-order chi connectivity index (χ0) is 19.4. The van der Waals surface area contributed by atoms with Crippen molar-refractivity contribution in [3.05, 3.63) is 29.3 Å². The zero-order valence-corrected chi connectivity index (χ0v) is 16.6. The molecule has 0 spiro atoms. The predicted octanol–water partition coefficient (Wildman–Crippen LogP) is 4.78. The van der Waals surface area contributed by atoms with Crippen molar-refractivity contribution in [3.8, 4) is 0 Å². The molecule has 1 atom stereocenters. The number of halogens is 2. The van der Waals surface area contributed by atoms with Crippen LogP contribution in [0.3, 0.4) is 0 Å². The van der Waals surface area contributed by atoms with Crippen LogP contribution in [0.5, 0.6) is 0 Å². The van der Waals surface area contributed by atoms with Gasteiger partial charge in [-0.3, -0.25) is 4.79 Å². The van der Waals surface area contributed by atoms with Gasteiger partial charge in [-0.1, -0.05) is 39.2 Å². The van der Waals surface area contributed by atoms with Gasteiger partial charge in [0.1, 0.15) is 0 Å². The van der Waals surface area contributed by atoms with Crippen molar-refractivity contribution < 1.29 is 13.6 Å². The van der Waals surface area contributed by atoms with E-state index in [-0.39, 0.29) is 17.5 Å². The van der Waals surface area contributed by atoms with Gasteiger partial charge in [0, 0.05) is 19.5 Å². The van der Waals surface area contributed by atoms with Crippen LogP contribution in [0, 0.1) is 23.5 Å². The first-order chi connectivity index (χ1) is 13.0. The van der Waals surface area contributed by atoms with E-state index in [1.807, 2.05) is 0 Å². The molecule has 0 N–H and O–H groups in total. The Morgan fingerprint density at radius 3 is 2.59 bits per heavy atom. The van der Waals surface area contributed by atoms with Gasteiger partial charge in [0.2, 0.25) is 5.91 Å². The van der Waals surface area contributed by atoms with E-state index in [1.54, 1.807) is 6.07 Å². The molecule has 1 unspecified atom stereocenters. The summed E-state index contributed by atoms with van der Waals surface area (Å²) in [6, 6.07) is 2.77. The van der Waals surface area contributed by atoms with Crippen molar-refractivity contribution in [2.75, 3.05) is 31.1 Å². The third kappa shape index (κ3) is 4.87. The number of amides is 1. The van der Waals surface area contributed by atoms with E-state index in [4.69, 9.17) is 0 Å². The number of benzene rings is 1. The molecular formula is C22H32F2N2O. The molecule has 0 aromatic heterocycles. The first-order valence-corrected chi connectivity index (χ1v) is 10.5. The minimum Gasteiger partial charge on any atom is -0.309 e. The third-order valence-corrected chi connectivity index (χ3v) is 6.07. The molecule has 3 nitrogen and oxygen atoms in total. The summed E-state index contributed by atoms with van der Waals surface area (Å²) >= 11 is 0. The van der Waals surface area contributed by atoms with Gasteiger partial charge in [-0.2, -0.15) is 0 Å². The maximum absolute atomic E-state index is 14.4. The van der Waals surface area contributed by atoms with Crippen molar-refractivity contribution in [1.29, 1.82) is 0 Å². The van der Waals surface area contributed by atoms with E-state index in [9.17, 15) is 13.6 Å². The summed E-state index contributed by atoms with van der Waals surface area (Å²) in [5.41, 5.74) is 0.897. The Hall–Kier alpha value is -1.49. The summed E-state index contributed by atoms with van der Waals surface area (Å²) in [6.07, 6.45) is 7.27. The molecule has 150 valence electrons. The number of hydrogen-bond acceptors (Lipinski definition) is 2. The highest BCUT2D eigenvalue weighted by Gasteiger charge is 2.30. The van der Waals surface area contributed by atoms with E-state index in [2.05, 4.69) is 18.7 Å². The summed E-state index contributed by atoms with van der Waals surface area (Å²) in [7, 11) is 0. The van der Waals surface area contributed by atoms with E-state index >= 15 is 0 Å². The Balaban J connectivity index is 1.58. The summed E-state index contributed by atoms with van der Waals surface area (Å²) in [5.74, 6) is -0.796. The second-order valence-corrected chi connectivity index (χ2v) is 8.36. The first-order valence-electron chi connectivity index (χ1n) is 10.5. The smallest absolute Gasteiger partial charge is 0.227 e. The standard InChI is InChI=1S/C22H32F2N2O/c1-3-4-5-17-10-12-25(13-11-17)14-16(2)15-26-20(27)9-7-18-6-8-19(23)21(24)22(18)26/h6,8,16-17H,3-5,7,9-15H2,1-2H3. The molecule has 1 aromatic carbocycles. The molecule has 1 aromatic rings. The summed E-state index contributed by atoms with van der Waals surface area (Å²) in [5, 5.41) is 0. The molecule has 0 bridgehead atoms. The number of likely N-dealkylation sites (tertiary alicyclic amines) is 1. The maximum Gasteiger partial charge on any atom is 0.227 e. The summed E-state index contributed by atoms with van der Waals surface area (Å²) in [6.45, 7) is 7.89. The van der Waals surface area contributed by atoms with E-state index in [0.29, 0.717) is 19.4 Å². The zero-order valence-electron chi connectivity index (χ0n) is 16.6. The number of nitrogens with zero attached hydrogens (tertiary/aromatic N) is 2. The normalized spacial score (nSPS) is 20.0. The lowest BCUT2D eigenvalue weighted by molar-refractivity contribution is -0.119. The van der Waals surface area contributed by atoms with Crippen LogP contribution < -0.4 is 4.90 Å². The van der Waals surface area contributed by atoms with Gasteiger partial charge in [-0.25, -0.2) is 8.78 Å². The van der Waals surface area contributed by atoms with Crippen molar-refractivity contribution in [2.45, 2.75) is 58.8 Å². The molecule has 1 amide bonds. The highest BCUT2D eigenvalue weighted by Crippen LogP contribution is 2.33. The number of carbonyl (C=O) groups is 1. The Morgan fingerprint density at radius 1 is 1.15 bits per heavy atom. The molecule has 0 saturated carbocycles. The van der Waals surface area contributed by atoms with Crippen LogP contribution in [-0.4, -0.2) is 37.0 Å². The molecule has 27 heavy (non-hydrogen) atoms. The predicted molar refractivity (Wildman–Crippen MR) is 105 cm³/mol. The number of fused-ring (bicyclic) bond motifs is 1. The van der Waals surface area contributed by atoms with E-state index < -0.39 is 11.6 Å². The molecule has 1 fully saturated rings. The van der Waals surface area contributed by atoms with Gasteiger partial charge in [0.15, 0.2) is 11.6 Å². The van der Waals surface area contributed by atoms with Gasteiger partial charge >= 0.3 is 0 Å². The lowest BCUT2D eigenvalue weighted by Gasteiger charge is -2.36. The molecule has 0 aliphatic carbocycles. The van der Waals surface area contributed by atoms with Gasteiger partial charge in [-0.05, 0) is 55.8 Å². The van der Waals surface area contributed by atoms with Crippen molar-refractivity contribution in [3.63, 3.8) is 0 Å². The molecule has 0 radical (unpaired) electrons. The number of hydrogen-bond donors (Lipinski definition) is 0. The average molecular weight is 379 g/mol. The van der Waals surface area contributed by atoms with Crippen LogP contribution in [0.4, 0.5) is 14.5 Å². The highest BCUT2D eigenvalue weighted by molar-refractivity contribution is 5.96. The fourth-order valence-corrected chi connectivity index (χ4v) is 4.53. The van der Waals surface area contributed by atoms with Crippen molar-refractivity contribution >= 4 is 11.6 Å². The quantitative estimate of drug-likeness (QED) is 0.682. The number of aryl methyl sites for hydroxylation is 1. The van der Waals surface area contributed by atoms with Crippen LogP contribution in [0.25, 0.3) is 0 Å². The second kappa shape index (κ2) is 9.13. The Kier molecular flexibility index (Phi) is 6.85. The topological polar surface area (TPSA) is 23.6 Å². The Labute approximate surface area is 161 Å². The van der Waals surface area contributed by atoms with Gasteiger partial charge in [0.05, 0.1) is 5.69 Å². The minimum absolute atomic E-state index is 0.0999. The number of unbranched alkanes of at least 4 members (excludes halogenated alkanes) is 1. The van der Waals surface area contributed by atoms with Crippen LogP contribution in [0.1, 0.15) is 57.9 Å². The Morgan fingerprint density at radius 2 is 1.89 bits per heavy atom. The Bertz CT molecular complexity index is 656. The van der Waals surface area contributed by atoms with Crippen LogP contribution >= 0.6 is 0 Å². The monoisotopic (exact) mass is 378 g/mol. The molecule has 2 heterocycles. The molecule has 5 heteroatoms. The molecule has 1 saturated heterocycles. The molecule has 3 rings (SSSR count). The molecule has 2 aliphatic heterocycles. The average Bonchev–Trinajstić information content (AvgIpc) is 2.66. The number of piperidine rings is 1. The van der Waals surface area contributed by atoms with Gasteiger partial charge in [0.25, 0.3) is 0 Å². The summed E-state index contributed by atoms with van der Waals surface area (Å²) < 4.78 is 28.1. The summed E-state index contributed by atoms with van der Waals surface area (Å²) in [4.78, 5) is 16.4. The second-order valence-electron chi connectivity index (χ2n) is 8.36. The maximum atomic E-state index is 14.4. The lowest BCUT2D eigenvalue weighted by Crippen LogP contribution is -2.43. The minimum atomic E-state index is -0.885. The number of carbonyl (C=O) groups excluding carboxylic acids is 1. The molecule has 2 aliphatic rings. The number of anilines is 1. The first kappa shape index (κ1) is 20.2. The van der Waals surface area contributed by atoms with Crippen molar-refractivity contribution in [1.82, 2.24) is 4.90 Å². The van der Waals surface area contributed by atoms with Crippen LogP contribution in [0.2, 0.25) is 0 Å². The largest absolute Gasteiger partial charge is 0.309 e. The van der Waals surface area contributed by atoms with E-state index in [1.165, 1.54) is 37.0 Å². The fourth-order valence-electron chi connectivity index (χ4n) is 4.53. The van der Waals surface area contributed by atoms with Gasteiger partial charge < -0.3 is 9.80 Å². The van der Waals surface area contributed by atoms with Crippen LogP contribution in [-0.2, 0) is 11.2 Å². The fraction of sp³-hybridized carbons (Fsp3) is 0.682. The highest BCUT2D eigenvalue weighted by atomic mass is 19.2. The molecular weight excluding hydrogens is 346 g/mol. The van der Waals surface area contributed by atoms with Crippen molar-refractivity contribution in [2.24, 2.45) is 11.8 Å². The third-order valence-electron chi connectivity index (χ3n) is 6.07.